The number of carboxylic acids is 1. The minimum absolute atomic E-state index is 0.0621. The lowest BCUT2D eigenvalue weighted by molar-refractivity contribution is 0.0690. The number of carboxylic acid groups (broad SMARTS) is 1. The first-order valence-corrected chi connectivity index (χ1v) is 5.78. The molecule has 2 aromatic rings. The van der Waals surface area contributed by atoms with Crippen LogP contribution in [0.1, 0.15) is 30.4 Å². The molecule has 0 aliphatic heterocycles. The lowest BCUT2D eigenvalue weighted by Gasteiger charge is -2.07. The van der Waals surface area contributed by atoms with Crippen LogP contribution < -0.4 is 11.1 Å². The van der Waals surface area contributed by atoms with Crippen LogP contribution in [0.3, 0.4) is 0 Å². The highest BCUT2D eigenvalue weighted by Crippen LogP contribution is 2.21. The average molecular weight is 261 g/mol. The van der Waals surface area contributed by atoms with E-state index in [-0.39, 0.29) is 11.7 Å². The molecule has 0 atom stereocenters. The Hall–Kier alpha value is -2.57. The number of rotatable bonds is 4. The molecule has 0 aliphatic carbocycles. The summed E-state index contributed by atoms with van der Waals surface area (Å²) >= 11 is 0. The third-order valence-electron chi connectivity index (χ3n) is 2.54. The van der Waals surface area contributed by atoms with Gasteiger partial charge >= 0.3 is 5.97 Å². The Balaban J connectivity index is 2.26. The largest absolute Gasteiger partial charge is 0.477 e. The summed E-state index contributed by atoms with van der Waals surface area (Å²) in [5.41, 5.74) is 6.78. The summed E-state index contributed by atoms with van der Waals surface area (Å²) in [5.74, 6) is -0.788. The van der Waals surface area contributed by atoms with Gasteiger partial charge in [0.1, 0.15) is 0 Å². The van der Waals surface area contributed by atoms with E-state index in [1.54, 1.807) is 17.1 Å². The molecule has 0 aliphatic rings. The molecule has 2 heterocycles. The summed E-state index contributed by atoms with van der Waals surface area (Å²) in [6.07, 6.45) is 3.44. The summed E-state index contributed by atoms with van der Waals surface area (Å²) in [5, 5.41) is 16.0. The molecule has 100 valence electrons. The lowest BCUT2D eigenvalue weighted by Crippen LogP contribution is -2.05. The minimum atomic E-state index is -1.10. The summed E-state index contributed by atoms with van der Waals surface area (Å²) in [6.45, 7) is 4.02. The van der Waals surface area contributed by atoms with Gasteiger partial charge in [-0.15, -0.1) is 0 Å². The predicted molar refractivity (Wildman–Crippen MR) is 71.5 cm³/mol. The first-order valence-electron chi connectivity index (χ1n) is 5.78. The molecule has 19 heavy (non-hydrogen) atoms. The van der Waals surface area contributed by atoms with Gasteiger partial charge in [0, 0.05) is 12.2 Å². The quantitative estimate of drug-likeness (QED) is 0.775. The Morgan fingerprint density at radius 3 is 2.79 bits per heavy atom. The van der Waals surface area contributed by atoms with E-state index in [0.717, 1.165) is 0 Å². The minimum Gasteiger partial charge on any atom is -0.477 e. The van der Waals surface area contributed by atoms with Crippen LogP contribution in [0.25, 0.3) is 0 Å². The molecule has 0 bridgehead atoms. The van der Waals surface area contributed by atoms with Crippen molar-refractivity contribution < 1.29 is 9.90 Å². The summed E-state index contributed by atoms with van der Waals surface area (Å²) in [4.78, 5) is 14.8. The maximum absolute atomic E-state index is 10.9. The SMILES string of the molecule is CC(C)n1cc(Nc2nc(C(=O)O)ccc2N)cn1. The van der Waals surface area contributed by atoms with Crippen molar-refractivity contribution in [3.63, 3.8) is 0 Å². The highest BCUT2D eigenvalue weighted by Gasteiger charge is 2.10. The van der Waals surface area contributed by atoms with Crippen molar-refractivity contribution in [3.05, 3.63) is 30.2 Å². The topological polar surface area (TPSA) is 106 Å². The first-order chi connectivity index (χ1) is 8.97. The van der Waals surface area contributed by atoms with Crippen LogP contribution >= 0.6 is 0 Å². The van der Waals surface area contributed by atoms with E-state index in [2.05, 4.69) is 15.4 Å². The second-order valence-corrected chi connectivity index (χ2v) is 4.37. The highest BCUT2D eigenvalue weighted by atomic mass is 16.4. The number of anilines is 3. The number of hydrogen-bond acceptors (Lipinski definition) is 5. The number of aromatic nitrogens is 3. The number of nitrogens with one attached hydrogen (secondary N) is 1. The number of hydrogen-bond donors (Lipinski definition) is 3. The number of aromatic carboxylic acids is 1. The fourth-order valence-corrected chi connectivity index (χ4v) is 1.51. The molecular weight excluding hydrogens is 246 g/mol. The zero-order chi connectivity index (χ0) is 14.0. The molecule has 2 aromatic heterocycles. The molecule has 7 nitrogen and oxygen atoms in total. The Kier molecular flexibility index (Phi) is 3.37. The Morgan fingerprint density at radius 1 is 1.47 bits per heavy atom. The summed E-state index contributed by atoms with van der Waals surface area (Å²) in [6, 6.07) is 3.11. The molecule has 0 saturated carbocycles. The molecule has 0 saturated heterocycles. The Morgan fingerprint density at radius 2 is 2.21 bits per heavy atom. The number of nitrogens with two attached hydrogens (primary N) is 1. The second-order valence-electron chi connectivity index (χ2n) is 4.37. The maximum Gasteiger partial charge on any atom is 0.354 e. The zero-order valence-electron chi connectivity index (χ0n) is 10.7. The first kappa shape index (κ1) is 12.9. The summed E-state index contributed by atoms with van der Waals surface area (Å²) in [7, 11) is 0. The van der Waals surface area contributed by atoms with E-state index in [9.17, 15) is 4.79 Å². The van der Waals surface area contributed by atoms with Gasteiger partial charge in [-0.25, -0.2) is 9.78 Å². The van der Waals surface area contributed by atoms with Crippen LogP contribution in [0, 0.1) is 0 Å². The van der Waals surface area contributed by atoms with Crippen LogP contribution in [0.4, 0.5) is 17.2 Å². The number of nitrogens with zero attached hydrogens (tertiary/aromatic N) is 3. The van der Waals surface area contributed by atoms with Crippen molar-refractivity contribution in [3.8, 4) is 0 Å². The van der Waals surface area contributed by atoms with E-state index >= 15 is 0 Å². The fourth-order valence-electron chi connectivity index (χ4n) is 1.51. The van der Waals surface area contributed by atoms with Crippen LogP contribution in [0.5, 0.6) is 0 Å². The molecule has 0 amide bonds. The van der Waals surface area contributed by atoms with E-state index in [1.807, 2.05) is 13.8 Å². The number of carbonyl (C=O) groups is 1. The number of pyridine rings is 1. The Labute approximate surface area is 110 Å². The van der Waals surface area contributed by atoms with Gasteiger partial charge in [0.25, 0.3) is 0 Å². The van der Waals surface area contributed by atoms with Gasteiger partial charge in [0.05, 0.1) is 17.6 Å². The monoisotopic (exact) mass is 261 g/mol. The maximum atomic E-state index is 10.9. The van der Waals surface area contributed by atoms with Gasteiger partial charge in [-0.3, -0.25) is 4.68 Å². The van der Waals surface area contributed by atoms with Crippen LogP contribution in [0.2, 0.25) is 0 Å². The Bertz CT molecular complexity index is 606. The van der Waals surface area contributed by atoms with Crippen molar-refractivity contribution >= 4 is 23.2 Å². The van der Waals surface area contributed by atoms with Gasteiger partial charge in [-0.1, -0.05) is 0 Å². The zero-order valence-corrected chi connectivity index (χ0v) is 10.7. The van der Waals surface area contributed by atoms with E-state index in [0.29, 0.717) is 17.2 Å². The van der Waals surface area contributed by atoms with Crippen LogP contribution in [-0.2, 0) is 0 Å². The van der Waals surface area contributed by atoms with Crippen LogP contribution in [0.15, 0.2) is 24.5 Å². The van der Waals surface area contributed by atoms with Gasteiger partial charge < -0.3 is 16.2 Å². The van der Waals surface area contributed by atoms with E-state index in [1.165, 1.54) is 12.1 Å². The van der Waals surface area contributed by atoms with Gasteiger partial charge in [0.2, 0.25) is 0 Å². The smallest absolute Gasteiger partial charge is 0.354 e. The molecule has 0 spiro atoms. The van der Waals surface area contributed by atoms with Gasteiger partial charge in [-0.2, -0.15) is 5.10 Å². The molecule has 4 N–H and O–H groups in total. The second kappa shape index (κ2) is 4.97. The van der Waals surface area contributed by atoms with Crippen molar-refractivity contribution in [2.24, 2.45) is 0 Å². The standard InChI is InChI=1S/C12H15N5O2/c1-7(2)17-6-8(5-14-17)15-11-9(13)3-4-10(16-11)12(18)19/h3-7H,13H2,1-2H3,(H,15,16)(H,18,19). The van der Waals surface area contributed by atoms with E-state index in [4.69, 9.17) is 10.8 Å². The van der Waals surface area contributed by atoms with Crippen molar-refractivity contribution in [2.45, 2.75) is 19.9 Å². The summed E-state index contributed by atoms with van der Waals surface area (Å²) < 4.78 is 1.78. The predicted octanol–water partition coefficient (Wildman–Crippen LogP) is 1.88. The lowest BCUT2D eigenvalue weighted by atomic mass is 10.3. The third kappa shape index (κ3) is 2.82. The molecule has 0 aromatic carbocycles. The third-order valence-corrected chi connectivity index (χ3v) is 2.54. The fraction of sp³-hybridized carbons (Fsp3) is 0.250. The molecule has 2 rings (SSSR count). The molecule has 0 radical (unpaired) electrons. The van der Waals surface area contributed by atoms with Gasteiger partial charge in [0.15, 0.2) is 11.5 Å². The van der Waals surface area contributed by atoms with Crippen molar-refractivity contribution in [1.82, 2.24) is 14.8 Å². The number of nitrogen functional groups attached to an aromatic ring is 1. The molecule has 0 unspecified atom stereocenters. The molecular formula is C12H15N5O2. The van der Waals surface area contributed by atoms with Crippen molar-refractivity contribution in [1.29, 1.82) is 0 Å². The molecule has 7 heteroatoms. The van der Waals surface area contributed by atoms with Crippen LogP contribution in [-0.4, -0.2) is 25.8 Å². The molecule has 0 fully saturated rings. The average Bonchev–Trinajstić information content (AvgIpc) is 2.80. The normalized spacial score (nSPS) is 10.7. The van der Waals surface area contributed by atoms with E-state index < -0.39 is 5.97 Å². The van der Waals surface area contributed by atoms with Gasteiger partial charge in [-0.05, 0) is 26.0 Å². The highest BCUT2D eigenvalue weighted by molar-refractivity contribution is 5.87. The van der Waals surface area contributed by atoms with Crippen molar-refractivity contribution in [2.75, 3.05) is 11.1 Å².